The van der Waals surface area contributed by atoms with Crippen molar-refractivity contribution >= 4 is 12.2 Å². The lowest BCUT2D eigenvalue weighted by molar-refractivity contribution is 0.406. The van der Waals surface area contributed by atoms with Crippen LogP contribution in [-0.4, -0.2) is 15.1 Å². The Morgan fingerprint density at radius 3 is 3.00 bits per heavy atom. The number of nitrogens with one attached hydrogen (secondary N) is 1. The van der Waals surface area contributed by atoms with E-state index >= 15 is 0 Å². The highest BCUT2D eigenvalue weighted by Gasteiger charge is 2.04. The minimum atomic E-state index is 0.214. The molecule has 0 aliphatic carbocycles. The van der Waals surface area contributed by atoms with Gasteiger partial charge in [0.05, 0.1) is 0 Å². The van der Waals surface area contributed by atoms with Crippen LogP contribution in [0.4, 0.5) is 0 Å². The van der Waals surface area contributed by atoms with Crippen LogP contribution in [0.1, 0.15) is 5.56 Å². The summed E-state index contributed by atoms with van der Waals surface area (Å²) in [5.74, 6) is 0.643. The summed E-state index contributed by atoms with van der Waals surface area (Å²) in [6.45, 7) is 1.95. The van der Waals surface area contributed by atoms with Crippen LogP contribution >= 0.6 is 12.2 Å². The fourth-order valence-corrected chi connectivity index (χ4v) is 1.22. The van der Waals surface area contributed by atoms with Crippen LogP contribution in [0.3, 0.4) is 0 Å². The van der Waals surface area contributed by atoms with Crippen molar-refractivity contribution in [3.05, 3.63) is 28.9 Å². The van der Waals surface area contributed by atoms with E-state index in [0.717, 1.165) is 11.1 Å². The zero-order valence-electron chi connectivity index (χ0n) is 6.94. The van der Waals surface area contributed by atoms with Gasteiger partial charge in [0.1, 0.15) is 0 Å². The molecule has 0 aromatic carbocycles. The summed E-state index contributed by atoms with van der Waals surface area (Å²) in [5.41, 5.74) is 1.98. The number of pyridine rings is 1. The van der Waals surface area contributed by atoms with E-state index in [2.05, 4.69) is 15.1 Å². The maximum absolute atomic E-state index is 4.83. The molecule has 0 bridgehead atoms. The first kappa shape index (κ1) is 8.12. The van der Waals surface area contributed by atoms with Crippen LogP contribution < -0.4 is 0 Å². The van der Waals surface area contributed by atoms with Gasteiger partial charge in [-0.3, -0.25) is 4.98 Å². The zero-order valence-corrected chi connectivity index (χ0v) is 7.76. The average molecular weight is 193 g/mol. The number of rotatable bonds is 1. The standard InChI is InChI=1S/C8H7N3OS/c1-5-4-9-3-2-6(5)7-10-8(13)12-11-7/h2-4H,1H3,(H,10,11,13). The highest BCUT2D eigenvalue weighted by Crippen LogP contribution is 2.17. The van der Waals surface area contributed by atoms with Gasteiger partial charge < -0.3 is 4.52 Å². The lowest BCUT2D eigenvalue weighted by atomic mass is 10.1. The van der Waals surface area contributed by atoms with Crippen molar-refractivity contribution in [2.24, 2.45) is 0 Å². The summed E-state index contributed by atoms with van der Waals surface area (Å²) in [5, 5.41) is 2.64. The van der Waals surface area contributed by atoms with Crippen molar-refractivity contribution in [1.29, 1.82) is 0 Å². The van der Waals surface area contributed by atoms with E-state index in [9.17, 15) is 0 Å². The summed E-state index contributed by atoms with van der Waals surface area (Å²) in [6, 6.07) is 1.86. The Kier molecular flexibility index (Phi) is 1.94. The molecule has 0 aliphatic rings. The molecule has 4 nitrogen and oxygen atoms in total. The lowest BCUT2D eigenvalue weighted by Gasteiger charge is -1.97. The second kappa shape index (κ2) is 3.10. The normalized spacial score (nSPS) is 10.2. The molecule has 0 amide bonds. The van der Waals surface area contributed by atoms with Crippen molar-refractivity contribution in [2.75, 3.05) is 0 Å². The van der Waals surface area contributed by atoms with Gasteiger partial charge in [-0.1, -0.05) is 0 Å². The average Bonchev–Trinajstić information content (AvgIpc) is 2.53. The molecule has 2 aromatic rings. The minimum absolute atomic E-state index is 0.214. The molecule has 13 heavy (non-hydrogen) atoms. The summed E-state index contributed by atoms with van der Waals surface area (Å²) in [4.78, 5) is 8.20. The van der Waals surface area contributed by atoms with Crippen LogP contribution in [-0.2, 0) is 0 Å². The third kappa shape index (κ3) is 1.50. The van der Waals surface area contributed by atoms with Gasteiger partial charge in [-0.25, -0.2) is 5.16 Å². The maximum atomic E-state index is 4.83. The predicted molar refractivity (Wildman–Crippen MR) is 49.7 cm³/mol. The highest BCUT2D eigenvalue weighted by atomic mass is 32.1. The van der Waals surface area contributed by atoms with E-state index in [1.807, 2.05) is 13.0 Å². The number of nitrogens with zero attached hydrogens (tertiary/aromatic N) is 2. The monoisotopic (exact) mass is 193 g/mol. The second-order valence-corrected chi connectivity index (χ2v) is 2.97. The number of H-pyrrole nitrogens is 1. The van der Waals surface area contributed by atoms with Gasteiger partial charge in [-0.05, 0) is 30.8 Å². The van der Waals surface area contributed by atoms with Crippen molar-refractivity contribution in [3.8, 4) is 11.4 Å². The quantitative estimate of drug-likeness (QED) is 0.705. The first-order valence-electron chi connectivity index (χ1n) is 3.74. The van der Waals surface area contributed by atoms with Crippen LogP contribution in [0.2, 0.25) is 0 Å². The molecule has 0 spiro atoms. The lowest BCUT2D eigenvalue weighted by Crippen LogP contribution is -1.85. The molecular formula is C8H7N3OS. The number of aromatic amines is 1. The largest absolute Gasteiger partial charge is 0.348 e. The van der Waals surface area contributed by atoms with E-state index in [0.29, 0.717) is 5.82 Å². The molecular weight excluding hydrogens is 186 g/mol. The number of hydrogen-bond acceptors (Lipinski definition) is 4. The molecule has 0 saturated carbocycles. The molecule has 2 rings (SSSR count). The van der Waals surface area contributed by atoms with Gasteiger partial charge in [0.15, 0.2) is 5.82 Å². The summed E-state index contributed by atoms with van der Waals surface area (Å²) in [7, 11) is 0. The smallest absolute Gasteiger partial charge is 0.314 e. The molecule has 0 fully saturated rings. The van der Waals surface area contributed by atoms with Crippen molar-refractivity contribution in [2.45, 2.75) is 6.92 Å². The van der Waals surface area contributed by atoms with E-state index < -0.39 is 0 Å². The van der Waals surface area contributed by atoms with Crippen LogP contribution in [0.25, 0.3) is 11.4 Å². The van der Waals surface area contributed by atoms with Gasteiger partial charge >= 0.3 is 4.84 Å². The molecule has 2 aromatic heterocycles. The maximum Gasteiger partial charge on any atom is 0.314 e. The first-order chi connectivity index (χ1) is 6.27. The SMILES string of the molecule is Cc1cnccc1-c1nc(=S)o[nH]1. The zero-order chi connectivity index (χ0) is 9.26. The summed E-state index contributed by atoms with van der Waals surface area (Å²) in [6.07, 6.45) is 3.47. The first-order valence-corrected chi connectivity index (χ1v) is 4.14. The molecule has 0 unspecified atom stereocenters. The third-order valence-corrected chi connectivity index (χ3v) is 1.89. The van der Waals surface area contributed by atoms with Gasteiger partial charge in [0, 0.05) is 18.0 Å². The van der Waals surface area contributed by atoms with E-state index in [1.165, 1.54) is 0 Å². The molecule has 0 radical (unpaired) electrons. The predicted octanol–water partition coefficient (Wildman–Crippen LogP) is 2.10. The van der Waals surface area contributed by atoms with Gasteiger partial charge in [-0.2, -0.15) is 4.98 Å². The molecule has 66 valence electrons. The molecule has 0 atom stereocenters. The minimum Gasteiger partial charge on any atom is -0.348 e. The topological polar surface area (TPSA) is 54.7 Å². The fourth-order valence-electron chi connectivity index (χ4n) is 1.08. The Bertz CT molecular complexity index is 474. The Hall–Kier alpha value is -1.49. The number of hydrogen-bond donors (Lipinski definition) is 1. The fraction of sp³-hybridized carbons (Fsp3) is 0.125. The molecule has 5 heteroatoms. The van der Waals surface area contributed by atoms with Crippen LogP contribution in [0, 0.1) is 11.8 Å². The third-order valence-electron chi connectivity index (χ3n) is 1.71. The van der Waals surface area contributed by atoms with Gasteiger partial charge in [0.2, 0.25) is 0 Å². The van der Waals surface area contributed by atoms with Gasteiger partial charge in [0.25, 0.3) is 0 Å². The number of aromatic nitrogens is 3. The Balaban J connectivity index is 2.58. The van der Waals surface area contributed by atoms with E-state index in [1.54, 1.807) is 12.4 Å². The molecule has 1 N–H and O–H groups in total. The van der Waals surface area contributed by atoms with Crippen LogP contribution in [0.5, 0.6) is 0 Å². The summed E-state index contributed by atoms with van der Waals surface area (Å²) >= 11 is 4.75. The van der Waals surface area contributed by atoms with Crippen molar-refractivity contribution in [3.63, 3.8) is 0 Å². The van der Waals surface area contributed by atoms with Gasteiger partial charge in [-0.15, -0.1) is 0 Å². The highest BCUT2D eigenvalue weighted by molar-refractivity contribution is 7.71. The molecule has 2 heterocycles. The molecule has 0 aliphatic heterocycles. The number of aryl methyl sites for hydroxylation is 1. The molecule has 0 saturated heterocycles. The van der Waals surface area contributed by atoms with Crippen molar-refractivity contribution < 1.29 is 4.52 Å². The second-order valence-electron chi connectivity index (χ2n) is 2.62. The Morgan fingerprint density at radius 2 is 2.38 bits per heavy atom. The van der Waals surface area contributed by atoms with E-state index in [4.69, 9.17) is 16.7 Å². The Morgan fingerprint density at radius 1 is 1.54 bits per heavy atom. The summed E-state index contributed by atoms with van der Waals surface area (Å²) < 4.78 is 4.83. The van der Waals surface area contributed by atoms with Crippen LogP contribution in [0.15, 0.2) is 23.0 Å². The Labute approximate surface area is 79.6 Å². The van der Waals surface area contributed by atoms with Crippen molar-refractivity contribution in [1.82, 2.24) is 15.1 Å². The van der Waals surface area contributed by atoms with E-state index in [-0.39, 0.29) is 4.84 Å².